The Morgan fingerprint density at radius 3 is 2.55 bits per heavy atom. The molecule has 2 N–H and O–H groups in total. The van der Waals surface area contributed by atoms with Crippen LogP contribution in [0.3, 0.4) is 0 Å². The van der Waals surface area contributed by atoms with Gasteiger partial charge < -0.3 is 15.4 Å². The average Bonchev–Trinajstić information content (AvgIpc) is 2.72. The standard InChI is InChI=1S/C21H24ClFN2O3S/c1-14(15-8-9-18(23)17(22)12-15)24-21(27)19(10-11-29-2)25-20(26)13-28-16-6-4-3-5-7-16/h3-9,12,14,19H,10-11,13H2,1-2H3,(H,24,27)(H,25,26). The van der Waals surface area contributed by atoms with Crippen molar-refractivity contribution < 1.29 is 18.7 Å². The Kier molecular flexibility index (Phi) is 9.28. The highest BCUT2D eigenvalue weighted by Gasteiger charge is 2.22. The van der Waals surface area contributed by atoms with E-state index in [0.29, 0.717) is 23.5 Å². The number of thioether (sulfide) groups is 1. The molecule has 0 aliphatic heterocycles. The molecule has 29 heavy (non-hydrogen) atoms. The molecule has 0 heterocycles. The van der Waals surface area contributed by atoms with Gasteiger partial charge in [-0.25, -0.2) is 4.39 Å². The Balaban J connectivity index is 1.95. The number of halogens is 2. The van der Waals surface area contributed by atoms with Crippen molar-refractivity contribution in [1.82, 2.24) is 10.6 Å². The van der Waals surface area contributed by atoms with E-state index in [1.807, 2.05) is 24.5 Å². The maximum absolute atomic E-state index is 13.3. The number of hydrogen-bond acceptors (Lipinski definition) is 4. The molecule has 156 valence electrons. The molecule has 0 aliphatic rings. The first-order valence-electron chi connectivity index (χ1n) is 9.12. The largest absolute Gasteiger partial charge is 0.484 e. The van der Waals surface area contributed by atoms with E-state index in [4.69, 9.17) is 16.3 Å². The van der Waals surface area contributed by atoms with E-state index < -0.39 is 17.9 Å². The molecule has 2 rings (SSSR count). The van der Waals surface area contributed by atoms with E-state index >= 15 is 0 Å². The molecule has 8 heteroatoms. The van der Waals surface area contributed by atoms with Crippen molar-refractivity contribution in [2.24, 2.45) is 0 Å². The highest BCUT2D eigenvalue weighted by molar-refractivity contribution is 7.98. The smallest absolute Gasteiger partial charge is 0.258 e. The van der Waals surface area contributed by atoms with Crippen LogP contribution in [0.1, 0.15) is 24.9 Å². The van der Waals surface area contributed by atoms with Gasteiger partial charge in [0.2, 0.25) is 5.91 Å². The van der Waals surface area contributed by atoms with Crippen LogP contribution in [0.2, 0.25) is 5.02 Å². The lowest BCUT2D eigenvalue weighted by Crippen LogP contribution is -2.48. The Morgan fingerprint density at radius 2 is 1.90 bits per heavy atom. The van der Waals surface area contributed by atoms with Gasteiger partial charge in [-0.15, -0.1) is 0 Å². The van der Waals surface area contributed by atoms with Gasteiger partial charge in [-0.05, 0) is 55.2 Å². The molecule has 0 bridgehead atoms. The van der Waals surface area contributed by atoms with Crippen LogP contribution in [0.4, 0.5) is 4.39 Å². The first kappa shape index (κ1) is 23.0. The lowest BCUT2D eigenvalue weighted by Gasteiger charge is -2.22. The van der Waals surface area contributed by atoms with Gasteiger partial charge in [0, 0.05) is 0 Å². The van der Waals surface area contributed by atoms with Gasteiger partial charge in [0.15, 0.2) is 6.61 Å². The van der Waals surface area contributed by atoms with E-state index in [2.05, 4.69) is 10.6 Å². The monoisotopic (exact) mass is 438 g/mol. The van der Waals surface area contributed by atoms with Gasteiger partial charge in [0.25, 0.3) is 5.91 Å². The molecule has 0 aliphatic carbocycles. The van der Waals surface area contributed by atoms with Gasteiger partial charge in [0.1, 0.15) is 17.6 Å². The normalized spacial score (nSPS) is 12.7. The van der Waals surface area contributed by atoms with E-state index in [1.54, 1.807) is 36.9 Å². The molecule has 2 aromatic carbocycles. The van der Waals surface area contributed by atoms with Crippen LogP contribution in [0.15, 0.2) is 48.5 Å². The Hall–Kier alpha value is -2.25. The SMILES string of the molecule is CSCCC(NC(=O)COc1ccccc1)C(=O)NC(C)c1ccc(F)c(Cl)c1. The summed E-state index contributed by atoms with van der Waals surface area (Å²) in [5, 5.41) is 5.56. The number of nitrogens with one attached hydrogen (secondary N) is 2. The van der Waals surface area contributed by atoms with Crippen LogP contribution in [0.5, 0.6) is 5.75 Å². The summed E-state index contributed by atoms with van der Waals surface area (Å²) in [7, 11) is 0. The maximum atomic E-state index is 13.3. The summed E-state index contributed by atoms with van der Waals surface area (Å²) in [6, 6.07) is 12.2. The molecule has 0 saturated heterocycles. The number of ether oxygens (including phenoxy) is 1. The predicted molar refractivity (Wildman–Crippen MR) is 115 cm³/mol. The number of carbonyl (C=O) groups excluding carboxylic acids is 2. The van der Waals surface area contributed by atoms with Gasteiger partial charge in [-0.3, -0.25) is 9.59 Å². The lowest BCUT2D eigenvalue weighted by atomic mass is 10.1. The fraction of sp³-hybridized carbons (Fsp3) is 0.333. The summed E-state index contributed by atoms with van der Waals surface area (Å²) in [5.74, 6) is 0.0639. The minimum absolute atomic E-state index is 0.00565. The fourth-order valence-electron chi connectivity index (χ4n) is 2.59. The number of amides is 2. The summed E-state index contributed by atoms with van der Waals surface area (Å²) in [5.41, 5.74) is 0.673. The molecule has 0 saturated carbocycles. The second-order valence-corrected chi connectivity index (χ2v) is 7.80. The zero-order chi connectivity index (χ0) is 21.2. The molecule has 0 radical (unpaired) electrons. The molecule has 2 amide bonds. The third-order valence-corrected chi connectivity index (χ3v) is 5.11. The first-order valence-corrected chi connectivity index (χ1v) is 10.9. The van der Waals surface area contributed by atoms with Gasteiger partial charge >= 0.3 is 0 Å². The fourth-order valence-corrected chi connectivity index (χ4v) is 3.25. The van der Waals surface area contributed by atoms with Crippen LogP contribution < -0.4 is 15.4 Å². The van der Waals surface area contributed by atoms with Gasteiger partial charge in [-0.1, -0.05) is 35.9 Å². The quantitative estimate of drug-likeness (QED) is 0.589. The third kappa shape index (κ3) is 7.59. The third-order valence-electron chi connectivity index (χ3n) is 4.18. The topological polar surface area (TPSA) is 67.4 Å². The number of hydrogen-bond donors (Lipinski definition) is 2. The van der Waals surface area contributed by atoms with Crippen molar-refractivity contribution in [3.63, 3.8) is 0 Å². The zero-order valence-electron chi connectivity index (χ0n) is 16.3. The van der Waals surface area contributed by atoms with E-state index in [1.165, 1.54) is 12.1 Å². The summed E-state index contributed by atoms with van der Waals surface area (Å²) in [4.78, 5) is 25.0. The number of rotatable bonds is 10. The van der Waals surface area contributed by atoms with Crippen LogP contribution in [0.25, 0.3) is 0 Å². The second-order valence-electron chi connectivity index (χ2n) is 6.41. The minimum atomic E-state index is -0.701. The molecule has 5 nitrogen and oxygen atoms in total. The van der Waals surface area contributed by atoms with E-state index in [-0.39, 0.29) is 23.4 Å². The molecule has 2 aromatic rings. The Bertz CT molecular complexity index is 823. The van der Waals surface area contributed by atoms with Gasteiger partial charge in [-0.2, -0.15) is 11.8 Å². The van der Waals surface area contributed by atoms with Crippen molar-refractivity contribution in [1.29, 1.82) is 0 Å². The summed E-state index contributed by atoms with van der Waals surface area (Å²) in [6.45, 7) is 1.59. The van der Waals surface area contributed by atoms with Crippen LogP contribution in [-0.4, -0.2) is 36.5 Å². The molecule has 0 fully saturated rings. The highest BCUT2D eigenvalue weighted by atomic mass is 35.5. The lowest BCUT2D eigenvalue weighted by molar-refractivity contribution is -0.130. The molecule has 2 atom stereocenters. The highest BCUT2D eigenvalue weighted by Crippen LogP contribution is 2.21. The molecular formula is C21H24ClFN2O3S. The van der Waals surface area contributed by atoms with E-state index in [9.17, 15) is 14.0 Å². The van der Waals surface area contributed by atoms with Crippen molar-refractivity contribution in [3.05, 3.63) is 64.9 Å². The predicted octanol–water partition coefficient (Wildman–Crippen LogP) is 3.97. The molecule has 2 unspecified atom stereocenters. The van der Waals surface area contributed by atoms with E-state index in [0.717, 1.165) is 0 Å². The van der Waals surface area contributed by atoms with Gasteiger partial charge in [0.05, 0.1) is 11.1 Å². The summed E-state index contributed by atoms with van der Waals surface area (Å²) in [6.07, 6.45) is 2.40. The summed E-state index contributed by atoms with van der Waals surface area (Å²) < 4.78 is 18.8. The molecule has 0 aromatic heterocycles. The Labute approximate surface area is 179 Å². The van der Waals surface area contributed by atoms with Crippen molar-refractivity contribution in [3.8, 4) is 5.75 Å². The summed E-state index contributed by atoms with van der Waals surface area (Å²) >= 11 is 7.40. The first-order chi connectivity index (χ1) is 13.9. The van der Waals surface area contributed by atoms with Crippen LogP contribution in [0, 0.1) is 5.82 Å². The number of carbonyl (C=O) groups is 2. The second kappa shape index (κ2) is 11.7. The minimum Gasteiger partial charge on any atom is -0.484 e. The maximum Gasteiger partial charge on any atom is 0.258 e. The van der Waals surface area contributed by atoms with Crippen molar-refractivity contribution in [2.75, 3.05) is 18.6 Å². The van der Waals surface area contributed by atoms with Crippen molar-refractivity contribution in [2.45, 2.75) is 25.4 Å². The number of para-hydroxylation sites is 1. The van der Waals surface area contributed by atoms with Crippen molar-refractivity contribution >= 4 is 35.2 Å². The molecular weight excluding hydrogens is 415 g/mol. The number of benzene rings is 2. The Morgan fingerprint density at radius 1 is 1.17 bits per heavy atom. The van der Waals surface area contributed by atoms with Crippen LogP contribution in [-0.2, 0) is 9.59 Å². The average molecular weight is 439 g/mol. The van der Waals surface area contributed by atoms with Crippen LogP contribution >= 0.6 is 23.4 Å². The molecule has 0 spiro atoms. The zero-order valence-corrected chi connectivity index (χ0v) is 17.9.